The number of ether oxygens (including phenoxy) is 2. The van der Waals surface area contributed by atoms with E-state index in [4.69, 9.17) is 4.74 Å². The summed E-state index contributed by atoms with van der Waals surface area (Å²) < 4.78 is 36.3. The van der Waals surface area contributed by atoms with Crippen LogP contribution in [0.2, 0.25) is 0 Å². The monoisotopic (exact) mass is 325 g/mol. The summed E-state index contributed by atoms with van der Waals surface area (Å²) in [5.74, 6) is -0.0321. The van der Waals surface area contributed by atoms with E-state index in [9.17, 15) is 13.2 Å². The minimum Gasteiger partial charge on any atom is -0.496 e. The lowest BCUT2D eigenvalue weighted by Gasteiger charge is -2.16. The number of methoxy groups -OCH3 is 2. The second kappa shape index (κ2) is 6.93. The summed E-state index contributed by atoms with van der Waals surface area (Å²) in [5, 5.41) is 0. The molecule has 22 heavy (non-hydrogen) atoms. The Bertz CT molecular complexity index is 675. The molecule has 0 aromatic heterocycles. The van der Waals surface area contributed by atoms with Gasteiger partial charge in [0.1, 0.15) is 5.75 Å². The second-order valence-electron chi connectivity index (χ2n) is 4.87. The average Bonchev–Trinajstić information content (AvgIpc) is 3.07. The summed E-state index contributed by atoms with van der Waals surface area (Å²) in [6, 6.07) is 4.60. The van der Waals surface area contributed by atoms with Crippen molar-refractivity contribution in [1.29, 1.82) is 0 Å². The van der Waals surface area contributed by atoms with Crippen molar-refractivity contribution in [3.8, 4) is 5.75 Å². The van der Waals surface area contributed by atoms with Crippen molar-refractivity contribution < 1.29 is 22.7 Å². The van der Waals surface area contributed by atoms with Crippen molar-refractivity contribution >= 4 is 22.1 Å². The number of esters is 1. The molecule has 0 unspecified atom stereocenters. The smallest absolute Gasteiger partial charge is 0.330 e. The van der Waals surface area contributed by atoms with Crippen molar-refractivity contribution in [2.24, 2.45) is 0 Å². The molecule has 1 aliphatic rings. The van der Waals surface area contributed by atoms with Gasteiger partial charge in [0.25, 0.3) is 0 Å². The third kappa shape index (κ3) is 3.48. The highest BCUT2D eigenvalue weighted by Crippen LogP contribution is 2.27. The van der Waals surface area contributed by atoms with Crippen LogP contribution in [-0.4, -0.2) is 46.0 Å². The van der Waals surface area contributed by atoms with E-state index in [0.717, 1.165) is 12.8 Å². The van der Waals surface area contributed by atoms with E-state index >= 15 is 0 Å². The fraction of sp³-hybridized carbons (Fsp3) is 0.400. The van der Waals surface area contributed by atoms with Gasteiger partial charge in [-0.1, -0.05) is 0 Å². The minimum absolute atomic E-state index is 0.194. The van der Waals surface area contributed by atoms with E-state index < -0.39 is 16.0 Å². The quantitative estimate of drug-likeness (QED) is 0.608. The van der Waals surface area contributed by atoms with Crippen LogP contribution < -0.4 is 4.74 Å². The number of sulfonamides is 1. The van der Waals surface area contributed by atoms with E-state index in [1.807, 2.05) is 0 Å². The summed E-state index contributed by atoms with van der Waals surface area (Å²) in [6.45, 7) is 1.09. The van der Waals surface area contributed by atoms with Gasteiger partial charge >= 0.3 is 5.97 Å². The van der Waals surface area contributed by atoms with Crippen LogP contribution in [0.25, 0.3) is 6.08 Å². The molecule has 1 heterocycles. The molecule has 6 nitrogen and oxygen atoms in total. The SMILES string of the molecule is COC(=O)/C=C/c1cc(S(=O)(=O)N2CCCC2)ccc1OC. The van der Waals surface area contributed by atoms with Crippen LogP contribution in [0, 0.1) is 0 Å². The zero-order chi connectivity index (χ0) is 16.2. The van der Waals surface area contributed by atoms with Gasteiger partial charge in [-0.25, -0.2) is 13.2 Å². The number of carbonyl (C=O) groups excluding carboxylic acids is 1. The molecule has 0 aliphatic carbocycles. The summed E-state index contributed by atoms with van der Waals surface area (Å²) in [4.78, 5) is 11.4. The number of hydrogen-bond donors (Lipinski definition) is 0. The Morgan fingerprint density at radius 1 is 1.23 bits per heavy atom. The summed E-state index contributed by atoms with van der Waals surface area (Å²) in [5.41, 5.74) is 0.508. The van der Waals surface area contributed by atoms with Crippen molar-refractivity contribution in [3.05, 3.63) is 29.8 Å². The van der Waals surface area contributed by atoms with Crippen molar-refractivity contribution in [2.45, 2.75) is 17.7 Å². The fourth-order valence-electron chi connectivity index (χ4n) is 2.31. The summed E-state index contributed by atoms with van der Waals surface area (Å²) >= 11 is 0. The van der Waals surface area contributed by atoms with Gasteiger partial charge < -0.3 is 9.47 Å². The van der Waals surface area contributed by atoms with Crippen molar-refractivity contribution in [2.75, 3.05) is 27.3 Å². The Morgan fingerprint density at radius 2 is 1.91 bits per heavy atom. The van der Waals surface area contributed by atoms with Gasteiger partial charge in [0.05, 0.1) is 19.1 Å². The Kier molecular flexibility index (Phi) is 5.20. The molecule has 1 aromatic rings. The summed E-state index contributed by atoms with van der Waals surface area (Å²) in [7, 11) is -0.741. The number of benzene rings is 1. The minimum atomic E-state index is -3.50. The molecule has 0 N–H and O–H groups in total. The molecular formula is C15H19NO5S. The van der Waals surface area contributed by atoms with Crippen LogP contribution in [0.1, 0.15) is 18.4 Å². The van der Waals surface area contributed by atoms with E-state index in [1.54, 1.807) is 6.07 Å². The van der Waals surface area contributed by atoms with Crippen LogP contribution in [0.4, 0.5) is 0 Å². The van der Waals surface area contributed by atoms with E-state index in [1.165, 1.54) is 42.8 Å². The highest BCUT2D eigenvalue weighted by molar-refractivity contribution is 7.89. The number of rotatable bonds is 5. The molecule has 1 aromatic carbocycles. The number of nitrogens with zero attached hydrogens (tertiary/aromatic N) is 1. The van der Waals surface area contributed by atoms with Crippen LogP contribution in [0.15, 0.2) is 29.2 Å². The number of hydrogen-bond acceptors (Lipinski definition) is 5. The first kappa shape index (κ1) is 16.5. The fourth-order valence-corrected chi connectivity index (χ4v) is 3.86. The molecule has 2 rings (SSSR count). The Morgan fingerprint density at radius 3 is 2.50 bits per heavy atom. The Labute approximate surface area is 130 Å². The van der Waals surface area contributed by atoms with Crippen molar-refractivity contribution in [1.82, 2.24) is 4.31 Å². The maximum Gasteiger partial charge on any atom is 0.330 e. The normalized spacial score (nSPS) is 16.1. The lowest BCUT2D eigenvalue weighted by Crippen LogP contribution is -2.27. The van der Waals surface area contributed by atoms with Gasteiger partial charge in [-0.05, 0) is 37.1 Å². The lowest BCUT2D eigenvalue weighted by atomic mass is 10.2. The molecule has 7 heteroatoms. The lowest BCUT2D eigenvalue weighted by molar-refractivity contribution is -0.134. The van der Waals surface area contributed by atoms with Crippen LogP contribution in [0.5, 0.6) is 5.75 Å². The Balaban J connectivity index is 2.38. The molecular weight excluding hydrogens is 306 g/mol. The second-order valence-corrected chi connectivity index (χ2v) is 6.81. The average molecular weight is 325 g/mol. The summed E-state index contributed by atoms with van der Waals surface area (Å²) in [6.07, 6.45) is 4.47. The molecule has 1 saturated heterocycles. The predicted octanol–water partition coefficient (Wildman–Crippen LogP) is 1.67. The van der Waals surface area contributed by atoms with Gasteiger partial charge in [0.2, 0.25) is 10.0 Å². The Hall–Kier alpha value is -1.86. The molecule has 0 radical (unpaired) electrons. The van der Waals surface area contributed by atoms with Crippen LogP contribution in [0.3, 0.4) is 0 Å². The van der Waals surface area contributed by atoms with Gasteiger partial charge in [-0.3, -0.25) is 0 Å². The third-order valence-corrected chi connectivity index (χ3v) is 5.40. The molecule has 0 saturated carbocycles. The highest BCUT2D eigenvalue weighted by Gasteiger charge is 2.27. The highest BCUT2D eigenvalue weighted by atomic mass is 32.2. The van der Waals surface area contributed by atoms with E-state index in [0.29, 0.717) is 24.4 Å². The standard InChI is InChI=1S/C15H19NO5S/c1-20-14-7-6-13(11-12(14)5-8-15(17)21-2)22(18,19)16-9-3-4-10-16/h5-8,11H,3-4,9-10H2,1-2H3/b8-5+. The first-order valence-electron chi connectivity index (χ1n) is 6.93. The van der Waals surface area contributed by atoms with E-state index in [2.05, 4.69) is 4.74 Å². The largest absolute Gasteiger partial charge is 0.496 e. The molecule has 120 valence electrons. The van der Waals surface area contributed by atoms with Gasteiger partial charge in [-0.2, -0.15) is 4.31 Å². The van der Waals surface area contributed by atoms with Crippen LogP contribution >= 0.6 is 0 Å². The zero-order valence-corrected chi connectivity index (χ0v) is 13.4. The van der Waals surface area contributed by atoms with Gasteiger partial charge in [-0.15, -0.1) is 0 Å². The molecule has 0 amide bonds. The number of carbonyl (C=O) groups is 1. The zero-order valence-electron chi connectivity index (χ0n) is 12.6. The maximum absolute atomic E-state index is 12.5. The third-order valence-electron chi connectivity index (χ3n) is 3.50. The topological polar surface area (TPSA) is 72.9 Å². The molecule has 0 atom stereocenters. The molecule has 1 fully saturated rings. The molecule has 1 aliphatic heterocycles. The molecule has 0 spiro atoms. The maximum atomic E-state index is 12.5. The molecule has 0 bridgehead atoms. The van der Waals surface area contributed by atoms with Crippen molar-refractivity contribution in [3.63, 3.8) is 0 Å². The van der Waals surface area contributed by atoms with Crippen LogP contribution in [-0.2, 0) is 19.6 Å². The van der Waals surface area contributed by atoms with Gasteiger partial charge in [0.15, 0.2) is 0 Å². The first-order valence-corrected chi connectivity index (χ1v) is 8.37. The predicted molar refractivity (Wildman–Crippen MR) is 82.0 cm³/mol. The first-order chi connectivity index (χ1) is 10.5. The van der Waals surface area contributed by atoms with Gasteiger partial charge in [0, 0.05) is 24.7 Å². The van der Waals surface area contributed by atoms with E-state index in [-0.39, 0.29) is 4.90 Å².